The molecule has 3 heterocycles. The molecule has 156 valence electrons. The van der Waals surface area contributed by atoms with Crippen molar-refractivity contribution in [1.29, 1.82) is 0 Å². The van der Waals surface area contributed by atoms with Crippen LogP contribution in [0.1, 0.15) is 47.4 Å². The van der Waals surface area contributed by atoms with Gasteiger partial charge >= 0.3 is 5.97 Å². The predicted molar refractivity (Wildman–Crippen MR) is 112 cm³/mol. The Kier molecular flexibility index (Phi) is 5.99. The number of hydrogen-bond donors (Lipinski definition) is 0. The molecular weight excluding hydrogens is 388 g/mol. The molecule has 0 radical (unpaired) electrons. The number of carbonyl (C=O) groups excluding carboxylic acids is 2. The fraction of sp³-hybridized carbons (Fsp3) is 0.591. The topological polar surface area (TPSA) is 68.2 Å². The number of aliphatic imine (C=N–C) groups is 1. The molecule has 1 saturated heterocycles. The zero-order valence-electron chi connectivity index (χ0n) is 17.3. The first-order valence-corrected chi connectivity index (χ1v) is 11.1. The van der Waals surface area contributed by atoms with E-state index in [1.165, 1.54) is 17.6 Å². The highest BCUT2D eigenvalue weighted by Crippen LogP contribution is 2.46. The van der Waals surface area contributed by atoms with Crippen molar-refractivity contribution >= 4 is 28.8 Å². The van der Waals surface area contributed by atoms with E-state index in [4.69, 9.17) is 9.47 Å². The lowest BCUT2D eigenvalue weighted by Crippen LogP contribution is -2.36. The number of allylic oxidation sites excluding steroid dienone is 2. The molecule has 0 aromatic carbocycles. The summed E-state index contributed by atoms with van der Waals surface area (Å²) >= 11 is 1.69. The molecule has 0 spiro atoms. The van der Waals surface area contributed by atoms with Crippen molar-refractivity contribution in [2.75, 3.05) is 33.4 Å². The zero-order chi connectivity index (χ0) is 20.5. The summed E-state index contributed by atoms with van der Waals surface area (Å²) in [6.07, 6.45) is 2.16. The van der Waals surface area contributed by atoms with Crippen molar-refractivity contribution in [1.82, 2.24) is 4.90 Å². The zero-order valence-corrected chi connectivity index (χ0v) is 18.1. The van der Waals surface area contributed by atoms with Gasteiger partial charge in [-0.05, 0) is 38.3 Å². The maximum atomic E-state index is 12.9. The Morgan fingerprint density at radius 2 is 2.07 bits per heavy atom. The Bertz CT molecular complexity index is 879. The van der Waals surface area contributed by atoms with E-state index in [0.29, 0.717) is 6.42 Å². The molecule has 29 heavy (non-hydrogen) atoms. The van der Waals surface area contributed by atoms with Crippen molar-refractivity contribution in [2.45, 2.75) is 45.6 Å². The molecule has 0 unspecified atom stereocenters. The first kappa shape index (κ1) is 20.4. The number of hydrogen-bond acceptors (Lipinski definition) is 7. The molecule has 0 amide bonds. The van der Waals surface area contributed by atoms with Gasteiger partial charge in [-0.25, -0.2) is 0 Å². The van der Waals surface area contributed by atoms with Crippen molar-refractivity contribution in [3.05, 3.63) is 32.7 Å². The van der Waals surface area contributed by atoms with Gasteiger partial charge in [0.2, 0.25) is 0 Å². The number of nitrogens with zero attached hydrogens (tertiary/aromatic N) is 2. The summed E-state index contributed by atoms with van der Waals surface area (Å²) in [7, 11) is 1.41. The smallest absolute Gasteiger partial charge is 0.315 e. The second-order valence-electron chi connectivity index (χ2n) is 7.99. The second kappa shape index (κ2) is 8.50. The fourth-order valence-electron chi connectivity index (χ4n) is 4.60. The summed E-state index contributed by atoms with van der Waals surface area (Å²) in [6, 6.07) is 2.20. The summed E-state index contributed by atoms with van der Waals surface area (Å²) in [6.45, 7) is 8.27. The van der Waals surface area contributed by atoms with Gasteiger partial charge in [0.25, 0.3) is 0 Å². The SMILES string of the molecule is COC(=O)[C@@H]1C(C)=NC2=C(C(=O)CCC2)[C@H]1c1cc(CN2CCOCC2)c(C)s1. The molecule has 1 aliphatic carbocycles. The van der Waals surface area contributed by atoms with Gasteiger partial charge in [-0.2, -0.15) is 0 Å². The number of ether oxygens (including phenoxy) is 2. The van der Waals surface area contributed by atoms with Crippen molar-refractivity contribution < 1.29 is 19.1 Å². The molecule has 0 saturated carbocycles. The van der Waals surface area contributed by atoms with Gasteiger partial charge in [0.15, 0.2) is 5.78 Å². The van der Waals surface area contributed by atoms with Crippen molar-refractivity contribution in [3.63, 3.8) is 0 Å². The lowest BCUT2D eigenvalue weighted by Gasteiger charge is -2.33. The number of thiophene rings is 1. The minimum absolute atomic E-state index is 0.127. The molecule has 1 aromatic rings. The third-order valence-electron chi connectivity index (χ3n) is 6.13. The lowest BCUT2D eigenvalue weighted by molar-refractivity contribution is -0.143. The van der Waals surface area contributed by atoms with Gasteiger partial charge in [0.05, 0.1) is 20.3 Å². The summed E-state index contributed by atoms with van der Waals surface area (Å²) in [5, 5.41) is 0. The maximum Gasteiger partial charge on any atom is 0.315 e. The first-order valence-electron chi connectivity index (χ1n) is 10.3. The van der Waals surface area contributed by atoms with Gasteiger partial charge < -0.3 is 9.47 Å². The number of Topliss-reactive ketones (excluding diaryl/α,β-unsaturated/α-hetero) is 1. The van der Waals surface area contributed by atoms with Crippen LogP contribution in [-0.2, 0) is 25.6 Å². The lowest BCUT2D eigenvalue weighted by atomic mass is 9.74. The predicted octanol–water partition coefficient (Wildman–Crippen LogP) is 3.24. The number of esters is 1. The first-order chi connectivity index (χ1) is 14.0. The fourth-order valence-corrected chi connectivity index (χ4v) is 5.79. The minimum Gasteiger partial charge on any atom is -0.468 e. The van der Waals surface area contributed by atoms with E-state index in [-0.39, 0.29) is 17.7 Å². The molecule has 2 aliphatic heterocycles. The van der Waals surface area contributed by atoms with Crippen molar-refractivity contribution in [3.8, 4) is 0 Å². The number of methoxy groups -OCH3 is 1. The van der Waals surface area contributed by atoms with Crippen LogP contribution < -0.4 is 0 Å². The van der Waals surface area contributed by atoms with Crippen LogP contribution in [0.25, 0.3) is 0 Å². The van der Waals surface area contributed by atoms with E-state index < -0.39 is 5.92 Å². The summed E-state index contributed by atoms with van der Waals surface area (Å²) in [4.78, 5) is 34.9. The van der Waals surface area contributed by atoms with Gasteiger partial charge in [-0.3, -0.25) is 19.5 Å². The Morgan fingerprint density at radius 1 is 1.31 bits per heavy atom. The number of aryl methyl sites for hydroxylation is 1. The Hall–Kier alpha value is -1.83. The van der Waals surface area contributed by atoms with Crippen LogP contribution in [0.5, 0.6) is 0 Å². The van der Waals surface area contributed by atoms with Gasteiger partial charge in [0.1, 0.15) is 5.92 Å². The Labute approximate surface area is 175 Å². The highest BCUT2D eigenvalue weighted by molar-refractivity contribution is 7.12. The third kappa shape index (κ3) is 3.96. The van der Waals surface area contributed by atoms with Crippen LogP contribution in [0.15, 0.2) is 22.3 Å². The van der Waals surface area contributed by atoms with E-state index in [2.05, 4.69) is 22.9 Å². The molecule has 1 aromatic heterocycles. The van der Waals surface area contributed by atoms with E-state index >= 15 is 0 Å². The number of rotatable bonds is 4. The number of ketones is 1. The molecule has 0 N–H and O–H groups in total. The molecule has 3 aliphatic rings. The quantitative estimate of drug-likeness (QED) is 0.705. The summed E-state index contributed by atoms with van der Waals surface area (Å²) in [5.74, 6) is -1.01. The standard InChI is InChI=1S/C22H28N2O4S/c1-13-19(22(26)27-3)21(20-16(23-13)5-4-6-17(20)25)18-11-15(14(2)29-18)12-24-7-9-28-10-8-24/h11,19,21H,4-10,12H2,1-3H3/t19-,21+/m1/s1. The molecule has 1 fully saturated rings. The number of morpholine rings is 1. The van der Waals surface area contributed by atoms with Crippen LogP contribution in [0.3, 0.4) is 0 Å². The van der Waals surface area contributed by atoms with E-state index in [1.54, 1.807) is 11.3 Å². The van der Waals surface area contributed by atoms with Gasteiger partial charge in [-0.15, -0.1) is 11.3 Å². The van der Waals surface area contributed by atoms with Crippen LogP contribution in [0.4, 0.5) is 0 Å². The average molecular weight is 417 g/mol. The van der Waals surface area contributed by atoms with Crippen LogP contribution in [0, 0.1) is 12.8 Å². The van der Waals surface area contributed by atoms with Crippen LogP contribution >= 0.6 is 11.3 Å². The Balaban J connectivity index is 1.72. The minimum atomic E-state index is -0.532. The van der Waals surface area contributed by atoms with E-state index in [1.807, 2.05) is 6.92 Å². The molecule has 6 nitrogen and oxygen atoms in total. The average Bonchev–Trinajstić information content (AvgIpc) is 3.07. The summed E-state index contributed by atoms with van der Waals surface area (Å²) in [5.41, 5.74) is 3.61. The monoisotopic (exact) mass is 416 g/mol. The van der Waals surface area contributed by atoms with Gasteiger partial charge in [-0.1, -0.05) is 0 Å². The molecule has 7 heteroatoms. The highest BCUT2D eigenvalue weighted by atomic mass is 32.1. The van der Waals surface area contributed by atoms with E-state index in [9.17, 15) is 9.59 Å². The van der Waals surface area contributed by atoms with E-state index in [0.717, 1.165) is 67.5 Å². The van der Waals surface area contributed by atoms with Crippen molar-refractivity contribution in [2.24, 2.45) is 10.9 Å². The third-order valence-corrected chi connectivity index (χ3v) is 7.31. The highest BCUT2D eigenvalue weighted by Gasteiger charge is 2.43. The maximum absolute atomic E-state index is 12.9. The molecule has 4 rings (SSSR count). The molecular formula is C22H28N2O4S. The van der Waals surface area contributed by atoms with Gasteiger partial charge in [0, 0.05) is 58.7 Å². The molecule has 0 bridgehead atoms. The normalized spacial score (nSPS) is 25.6. The number of carbonyl (C=O) groups is 2. The second-order valence-corrected chi connectivity index (χ2v) is 9.28. The van der Waals surface area contributed by atoms with Crippen LogP contribution in [-0.4, -0.2) is 55.8 Å². The largest absolute Gasteiger partial charge is 0.468 e. The summed E-state index contributed by atoms with van der Waals surface area (Å²) < 4.78 is 10.6. The Morgan fingerprint density at radius 3 is 2.79 bits per heavy atom. The molecule has 2 atom stereocenters. The van der Waals surface area contributed by atoms with Crippen LogP contribution in [0.2, 0.25) is 0 Å².